The normalized spacial score (nSPS) is 15.9. The fourth-order valence-corrected chi connectivity index (χ4v) is 6.45. The summed E-state index contributed by atoms with van der Waals surface area (Å²) in [6.45, 7) is 0.543. The quantitative estimate of drug-likeness (QED) is 0.291. The Hall–Kier alpha value is -3.04. The van der Waals surface area contributed by atoms with Crippen molar-refractivity contribution in [2.75, 3.05) is 13.1 Å². The Morgan fingerprint density at radius 3 is 2.53 bits per heavy atom. The van der Waals surface area contributed by atoms with Crippen molar-refractivity contribution in [1.29, 1.82) is 0 Å². The molecule has 1 aliphatic heterocycles. The topological polar surface area (TPSA) is 115 Å². The number of sulfonamides is 1. The number of benzene rings is 2. The predicted molar refractivity (Wildman–Crippen MR) is 129 cm³/mol. The molecule has 4 rings (SSSR count). The van der Waals surface area contributed by atoms with Crippen LogP contribution in [0, 0.1) is 28.4 Å². The number of hydrogen-bond acceptors (Lipinski definition) is 6. The van der Waals surface area contributed by atoms with Gasteiger partial charge in [0.1, 0.15) is 0 Å². The molecule has 1 aliphatic rings. The van der Waals surface area contributed by atoms with Gasteiger partial charge in [0.15, 0.2) is 4.80 Å². The summed E-state index contributed by atoms with van der Waals surface area (Å²) in [5.41, 5.74) is 0.595. The van der Waals surface area contributed by atoms with E-state index in [1.54, 1.807) is 10.6 Å². The number of carbonyl (C=O) groups excluding carboxylic acids is 1. The fraction of sp³-hybridized carbons (Fsp3) is 0.273. The van der Waals surface area contributed by atoms with Crippen LogP contribution < -0.4 is 4.80 Å². The number of nitro groups is 1. The van der Waals surface area contributed by atoms with Crippen molar-refractivity contribution in [2.24, 2.45) is 10.9 Å². The van der Waals surface area contributed by atoms with Crippen LogP contribution in [0.4, 0.5) is 5.69 Å². The van der Waals surface area contributed by atoms with E-state index in [1.807, 2.05) is 0 Å². The van der Waals surface area contributed by atoms with Gasteiger partial charge in [0.25, 0.3) is 11.6 Å². The van der Waals surface area contributed by atoms with Crippen LogP contribution in [-0.2, 0) is 21.4 Å². The highest BCUT2D eigenvalue weighted by molar-refractivity contribution is 7.89. The maximum Gasteiger partial charge on any atom is 0.270 e. The Labute approximate surface area is 204 Å². The number of rotatable bonds is 5. The van der Waals surface area contributed by atoms with Crippen molar-refractivity contribution in [3.05, 3.63) is 62.4 Å². The van der Waals surface area contributed by atoms with E-state index >= 15 is 0 Å². The number of hydrogen-bond donors (Lipinski definition) is 0. The number of nitrogens with zero attached hydrogens (tertiary/aromatic N) is 4. The zero-order valence-corrected chi connectivity index (χ0v) is 20.1. The molecule has 0 saturated carbocycles. The lowest BCUT2D eigenvalue weighted by Gasteiger charge is -2.29. The molecule has 9 nitrogen and oxygen atoms in total. The zero-order valence-electron chi connectivity index (χ0n) is 17.8. The van der Waals surface area contributed by atoms with Crippen LogP contribution in [-0.4, -0.2) is 41.2 Å². The molecule has 2 aromatic carbocycles. The van der Waals surface area contributed by atoms with Gasteiger partial charge in [-0.05, 0) is 43.2 Å². The van der Waals surface area contributed by atoms with Gasteiger partial charge >= 0.3 is 0 Å². The van der Waals surface area contributed by atoms with E-state index in [0.717, 1.165) is 11.3 Å². The molecule has 0 atom stereocenters. The van der Waals surface area contributed by atoms with E-state index in [1.165, 1.54) is 40.7 Å². The van der Waals surface area contributed by atoms with Crippen molar-refractivity contribution in [3.8, 4) is 12.3 Å². The second-order valence-electron chi connectivity index (χ2n) is 7.67. The lowest BCUT2D eigenvalue weighted by atomic mass is 9.98. The van der Waals surface area contributed by atoms with Crippen LogP contribution in [0.15, 0.2) is 52.4 Å². The molecule has 0 spiro atoms. The van der Waals surface area contributed by atoms with E-state index in [0.29, 0.717) is 32.9 Å². The number of halogens is 1. The Balaban J connectivity index is 1.55. The lowest BCUT2D eigenvalue weighted by Crippen LogP contribution is -2.40. The number of thiazole rings is 1. The summed E-state index contributed by atoms with van der Waals surface area (Å²) >= 11 is 7.00. The van der Waals surface area contributed by atoms with E-state index in [4.69, 9.17) is 18.0 Å². The summed E-state index contributed by atoms with van der Waals surface area (Å²) in [5, 5.41) is 11.5. The van der Waals surface area contributed by atoms with Crippen LogP contribution in [0.5, 0.6) is 0 Å². The van der Waals surface area contributed by atoms with Crippen LogP contribution in [0.3, 0.4) is 0 Å². The lowest BCUT2D eigenvalue weighted by molar-refractivity contribution is -0.384. The van der Waals surface area contributed by atoms with E-state index in [2.05, 4.69) is 10.9 Å². The van der Waals surface area contributed by atoms with Gasteiger partial charge in [0, 0.05) is 36.2 Å². The molecule has 1 aromatic heterocycles. The Morgan fingerprint density at radius 2 is 1.91 bits per heavy atom. The first-order valence-corrected chi connectivity index (χ1v) is 12.9. The number of nitro benzene ring substituents is 1. The molecule has 1 saturated heterocycles. The smallest absolute Gasteiger partial charge is 0.270 e. The Morgan fingerprint density at radius 1 is 1.24 bits per heavy atom. The molecule has 1 amide bonds. The summed E-state index contributed by atoms with van der Waals surface area (Å²) in [6.07, 6.45) is 6.14. The first-order valence-electron chi connectivity index (χ1n) is 10.3. The van der Waals surface area contributed by atoms with Crippen molar-refractivity contribution < 1.29 is 18.1 Å². The molecular weight excluding hydrogens is 500 g/mol. The molecule has 0 radical (unpaired) electrons. The first kappa shape index (κ1) is 24.1. The third-order valence-corrected chi connectivity index (χ3v) is 8.79. The van der Waals surface area contributed by atoms with E-state index < -0.39 is 20.9 Å². The molecule has 176 valence electrons. The summed E-state index contributed by atoms with van der Waals surface area (Å²) in [6, 6.07) is 10.4. The Kier molecular flexibility index (Phi) is 6.86. The molecular formula is C22H19ClN4O5S2. The average Bonchev–Trinajstić information content (AvgIpc) is 3.15. The van der Waals surface area contributed by atoms with Gasteiger partial charge in [-0.15, -0.1) is 6.42 Å². The van der Waals surface area contributed by atoms with Crippen LogP contribution in [0.25, 0.3) is 10.2 Å². The highest BCUT2D eigenvalue weighted by Crippen LogP contribution is 2.26. The van der Waals surface area contributed by atoms with Gasteiger partial charge in [-0.3, -0.25) is 14.9 Å². The average molecular weight is 519 g/mol. The summed E-state index contributed by atoms with van der Waals surface area (Å²) in [5.74, 6) is 1.72. The molecule has 12 heteroatoms. The molecule has 3 aromatic rings. The summed E-state index contributed by atoms with van der Waals surface area (Å²) < 4.78 is 29.4. The number of amides is 1. The van der Waals surface area contributed by atoms with Crippen LogP contribution in [0.2, 0.25) is 5.02 Å². The molecule has 0 aliphatic carbocycles. The van der Waals surface area contributed by atoms with Crippen molar-refractivity contribution in [3.63, 3.8) is 0 Å². The first-order chi connectivity index (χ1) is 16.2. The third kappa shape index (κ3) is 4.76. The fourth-order valence-electron chi connectivity index (χ4n) is 3.79. The number of carbonyl (C=O) groups is 1. The molecule has 0 bridgehead atoms. The van der Waals surface area contributed by atoms with Gasteiger partial charge in [-0.1, -0.05) is 28.9 Å². The second kappa shape index (κ2) is 9.68. The molecule has 1 fully saturated rings. The largest absolute Gasteiger partial charge is 0.305 e. The molecule has 34 heavy (non-hydrogen) atoms. The van der Waals surface area contributed by atoms with Crippen LogP contribution >= 0.6 is 22.9 Å². The minimum absolute atomic E-state index is 0.0613. The Bertz CT molecular complexity index is 1480. The second-order valence-corrected chi connectivity index (χ2v) is 11.0. The minimum Gasteiger partial charge on any atom is -0.305 e. The predicted octanol–water partition coefficient (Wildman–Crippen LogP) is 3.43. The van der Waals surface area contributed by atoms with Crippen molar-refractivity contribution in [1.82, 2.24) is 8.87 Å². The monoisotopic (exact) mass is 518 g/mol. The standard InChI is InChI=1S/C22H19ClN4O5S2/c1-2-11-26-19-8-5-17(27(29)30)14-20(19)33-22(26)24-21(28)15-9-12-25(13-10-15)34(31,32)18-6-3-16(23)4-7-18/h1,3-8,14-15H,9-13H2. The number of fused-ring (bicyclic) bond motifs is 1. The molecule has 2 heterocycles. The summed E-state index contributed by atoms with van der Waals surface area (Å²) in [4.78, 5) is 28.3. The van der Waals surface area contributed by atoms with E-state index in [9.17, 15) is 23.3 Å². The highest BCUT2D eigenvalue weighted by Gasteiger charge is 2.32. The van der Waals surface area contributed by atoms with Crippen molar-refractivity contribution in [2.45, 2.75) is 24.3 Å². The minimum atomic E-state index is -3.68. The van der Waals surface area contributed by atoms with E-state index in [-0.39, 0.29) is 36.1 Å². The molecule has 0 N–H and O–H groups in total. The van der Waals surface area contributed by atoms with Gasteiger partial charge in [0.05, 0.1) is 26.6 Å². The van der Waals surface area contributed by atoms with Gasteiger partial charge < -0.3 is 4.57 Å². The van der Waals surface area contributed by atoms with Gasteiger partial charge in [-0.2, -0.15) is 9.30 Å². The SMILES string of the molecule is C#CCn1c(=NC(=O)C2CCN(S(=O)(=O)c3ccc(Cl)cc3)CC2)sc2cc([N+](=O)[O-])ccc21. The molecule has 0 unspecified atom stereocenters. The van der Waals surface area contributed by atoms with Gasteiger partial charge in [-0.25, -0.2) is 8.42 Å². The number of non-ortho nitro benzene ring substituents is 1. The van der Waals surface area contributed by atoms with Crippen LogP contribution in [0.1, 0.15) is 12.8 Å². The highest BCUT2D eigenvalue weighted by atomic mass is 35.5. The number of piperidine rings is 1. The van der Waals surface area contributed by atoms with Crippen molar-refractivity contribution >= 4 is 54.8 Å². The number of aromatic nitrogens is 1. The van der Waals surface area contributed by atoms with Gasteiger partial charge in [0.2, 0.25) is 10.0 Å². The maximum absolute atomic E-state index is 12.9. The number of terminal acetylenes is 1. The maximum atomic E-state index is 12.9. The third-order valence-electron chi connectivity index (χ3n) is 5.59. The summed E-state index contributed by atoms with van der Waals surface area (Å²) in [7, 11) is -3.68. The zero-order chi connectivity index (χ0) is 24.5.